The molecule has 1 rings (SSSR count). The molecule has 84 valence electrons. The van der Waals surface area contributed by atoms with Gasteiger partial charge >= 0.3 is 0 Å². The quantitative estimate of drug-likeness (QED) is 0.693. The Balaban J connectivity index is 3.06. The monoisotopic (exact) mass is 230 g/mol. The van der Waals surface area contributed by atoms with E-state index in [2.05, 4.69) is 12.6 Å². The van der Waals surface area contributed by atoms with Crippen molar-refractivity contribution in [1.29, 1.82) is 0 Å². The largest absolute Gasteiger partial charge is 0.389 e. The normalized spacial score (nSPS) is 15.1. The van der Waals surface area contributed by atoms with E-state index < -0.39 is 12.2 Å². The Kier molecular flexibility index (Phi) is 4.13. The SMILES string of the molecule is Cc1cc(C(O)C(O)CS)cc(C)c1F. The molecule has 0 aromatic heterocycles. The number of hydrogen-bond donors (Lipinski definition) is 3. The molecule has 1 aromatic carbocycles. The lowest BCUT2D eigenvalue weighted by atomic mass is 10.00. The molecule has 4 heteroatoms. The van der Waals surface area contributed by atoms with Crippen LogP contribution in [0.25, 0.3) is 0 Å². The third kappa shape index (κ3) is 2.71. The Labute approximate surface area is 94.2 Å². The second kappa shape index (κ2) is 4.96. The zero-order valence-electron chi connectivity index (χ0n) is 8.74. The number of aliphatic hydroxyl groups excluding tert-OH is 2. The van der Waals surface area contributed by atoms with Crippen LogP contribution in [0.1, 0.15) is 22.8 Å². The van der Waals surface area contributed by atoms with Crippen molar-refractivity contribution in [2.75, 3.05) is 5.75 Å². The number of halogens is 1. The van der Waals surface area contributed by atoms with Crippen LogP contribution in [-0.4, -0.2) is 22.1 Å². The Morgan fingerprint density at radius 2 is 1.73 bits per heavy atom. The molecule has 2 nitrogen and oxygen atoms in total. The predicted molar refractivity (Wildman–Crippen MR) is 60.7 cm³/mol. The van der Waals surface area contributed by atoms with Gasteiger partial charge < -0.3 is 10.2 Å². The van der Waals surface area contributed by atoms with Gasteiger partial charge in [-0.2, -0.15) is 12.6 Å². The van der Waals surface area contributed by atoms with E-state index in [0.717, 1.165) is 0 Å². The van der Waals surface area contributed by atoms with Gasteiger partial charge in [0.15, 0.2) is 0 Å². The summed E-state index contributed by atoms with van der Waals surface area (Å²) in [4.78, 5) is 0. The van der Waals surface area contributed by atoms with Gasteiger partial charge in [-0.15, -0.1) is 0 Å². The number of aryl methyl sites for hydroxylation is 2. The van der Waals surface area contributed by atoms with Crippen LogP contribution < -0.4 is 0 Å². The molecule has 0 aliphatic carbocycles. The fourth-order valence-corrected chi connectivity index (χ4v) is 1.67. The van der Waals surface area contributed by atoms with Crippen LogP contribution >= 0.6 is 12.6 Å². The minimum Gasteiger partial charge on any atom is -0.389 e. The summed E-state index contributed by atoms with van der Waals surface area (Å²) in [6.07, 6.45) is -1.95. The maximum atomic E-state index is 13.3. The lowest BCUT2D eigenvalue weighted by Crippen LogP contribution is -2.20. The molecule has 2 N–H and O–H groups in total. The van der Waals surface area contributed by atoms with Crippen LogP contribution in [0, 0.1) is 19.7 Å². The summed E-state index contributed by atoms with van der Waals surface area (Å²) in [7, 11) is 0. The van der Waals surface area contributed by atoms with Crippen LogP contribution in [-0.2, 0) is 0 Å². The van der Waals surface area contributed by atoms with Gasteiger partial charge in [0.05, 0.1) is 6.10 Å². The van der Waals surface area contributed by atoms with E-state index in [9.17, 15) is 14.6 Å². The van der Waals surface area contributed by atoms with E-state index >= 15 is 0 Å². The molecule has 0 spiro atoms. The first-order valence-electron chi connectivity index (χ1n) is 4.71. The summed E-state index contributed by atoms with van der Waals surface area (Å²) in [5, 5.41) is 19.1. The van der Waals surface area contributed by atoms with Crippen molar-refractivity contribution in [3.05, 3.63) is 34.6 Å². The Morgan fingerprint density at radius 3 is 2.13 bits per heavy atom. The van der Waals surface area contributed by atoms with Crippen molar-refractivity contribution in [1.82, 2.24) is 0 Å². The summed E-state index contributed by atoms with van der Waals surface area (Å²) >= 11 is 3.89. The maximum Gasteiger partial charge on any atom is 0.129 e. The number of hydrogen-bond acceptors (Lipinski definition) is 3. The molecule has 0 aliphatic rings. The molecular weight excluding hydrogens is 215 g/mol. The summed E-state index contributed by atoms with van der Waals surface area (Å²) < 4.78 is 13.3. The zero-order valence-corrected chi connectivity index (χ0v) is 9.63. The number of rotatable bonds is 3. The standard InChI is InChI=1S/C11H15FO2S/c1-6-3-8(4-7(2)10(6)12)11(14)9(13)5-15/h3-4,9,11,13-15H,5H2,1-2H3. The molecule has 0 bridgehead atoms. The first kappa shape index (κ1) is 12.5. The summed E-state index contributed by atoms with van der Waals surface area (Å²) in [6, 6.07) is 3.08. The zero-order chi connectivity index (χ0) is 11.6. The van der Waals surface area contributed by atoms with Crippen molar-refractivity contribution < 1.29 is 14.6 Å². The average molecular weight is 230 g/mol. The van der Waals surface area contributed by atoms with E-state index in [1.807, 2.05) is 0 Å². The molecule has 1 aromatic rings. The highest BCUT2D eigenvalue weighted by Crippen LogP contribution is 2.22. The second-order valence-electron chi connectivity index (χ2n) is 3.66. The number of thiol groups is 1. The minimum absolute atomic E-state index is 0.163. The Hall–Kier alpha value is -0.580. The van der Waals surface area contributed by atoms with Gasteiger partial charge in [0.25, 0.3) is 0 Å². The first-order valence-corrected chi connectivity index (χ1v) is 5.34. The van der Waals surface area contributed by atoms with Crippen molar-refractivity contribution in [2.45, 2.75) is 26.1 Å². The highest BCUT2D eigenvalue weighted by atomic mass is 32.1. The van der Waals surface area contributed by atoms with Crippen LogP contribution in [0.4, 0.5) is 4.39 Å². The van der Waals surface area contributed by atoms with Crippen molar-refractivity contribution in [3.63, 3.8) is 0 Å². The highest BCUT2D eigenvalue weighted by molar-refractivity contribution is 7.80. The predicted octanol–water partition coefficient (Wildman–Crippen LogP) is 1.77. The van der Waals surface area contributed by atoms with E-state index in [-0.39, 0.29) is 11.6 Å². The molecule has 2 atom stereocenters. The molecule has 0 saturated heterocycles. The molecule has 0 radical (unpaired) electrons. The summed E-state index contributed by atoms with van der Waals surface area (Å²) in [5.41, 5.74) is 1.46. The summed E-state index contributed by atoms with van der Waals surface area (Å²) in [5.74, 6) is -0.109. The molecule has 2 unspecified atom stereocenters. The van der Waals surface area contributed by atoms with Crippen LogP contribution in [0.2, 0.25) is 0 Å². The van der Waals surface area contributed by atoms with Crippen LogP contribution in [0.5, 0.6) is 0 Å². The fraction of sp³-hybridized carbons (Fsp3) is 0.455. The highest BCUT2D eigenvalue weighted by Gasteiger charge is 2.18. The van der Waals surface area contributed by atoms with Crippen molar-refractivity contribution in [2.24, 2.45) is 0 Å². The topological polar surface area (TPSA) is 40.5 Å². The maximum absolute atomic E-state index is 13.3. The van der Waals surface area contributed by atoms with Gasteiger partial charge in [-0.3, -0.25) is 0 Å². The molecule has 0 aliphatic heterocycles. The molecular formula is C11H15FO2S. The number of aliphatic hydroxyl groups is 2. The lowest BCUT2D eigenvalue weighted by Gasteiger charge is -2.17. The van der Waals surface area contributed by atoms with Gasteiger partial charge in [-0.1, -0.05) is 12.1 Å². The Bertz CT molecular complexity index is 331. The Morgan fingerprint density at radius 1 is 1.27 bits per heavy atom. The molecule has 0 saturated carbocycles. The lowest BCUT2D eigenvalue weighted by molar-refractivity contribution is 0.0336. The van der Waals surface area contributed by atoms with Gasteiger partial charge in [-0.25, -0.2) is 4.39 Å². The minimum atomic E-state index is -1.01. The first-order chi connectivity index (χ1) is 6.97. The van der Waals surface area contributed by atoms with Gasteiger partial charge in [0, 0.05) is 5.75 Å². The van der Waals surface area contributed by atoms with Crippen LogP contribution in [0.15, 0.2) is 12.1 Å². The third-order valence-electron chi connectivity index (χ3n) is 2.35. The smallest absolute Gasteiger partial charge is 0.129 e. The fourth-order valence-electron chi connectivity index (χ4n) is 1.47. The van der Waals surface area contributed by atoms with Crippen LogP contribution in [0.3, 0.4) is 0 Å². The van der Waals surface area contributed by atoms with E-state index in [4.69, 9.17) is 0 Å². The molecule has 15 heavy (non-hydrogen) atoms. The van der Waals surface area contributed by atoms with Crippen molar-refractivity contribution >= 4 is 12.6 Å². The molecule has 0 fully saturated rings. The third-order valence-corrected chi connectivity index (χ3v) is 2.73. The van der Waals surface area contributed by atoms with E-state index in [0.29, 0.717) is 16.7 Å². The molecule has 0 heterocycles. The number of benzene rings is 1. The van der Waals surface area contributed by atoms with E-state index in [1.165, 1.54) is 0 Å². The van der Waals surface area contributed by atoms with Gasteiger partial charge in [0.2, 0.25) is 0 Å². The van der Waals surface area contributed by atoms with Gasteiger partial charge in [-0.05, 0) is 30.5 Å². The van der Waals surface area contributed by atoms with Gasteiger partial charge in [0.1, 0.15) is 11.9 Å². The average Bonchev–Trinajstić information content (AvgIpc) is 2.23. The second-order valence-corrected chi connectivity index (χ2v) is 4.03. The van der Waals surface area contributed by atoms with E-state index in [1.54, 1.807) is 26.0 Å². The molecule has 0 amide bonds. The van der Waals surface area contributed by atoms with Crippen molar-refractivity contribution in [3.8, 4) is 0 Å². The summed E-state index contributed by atoms with van der Waals surface area (Å²) in [6.45, 7) is 3.26.